The van der Waals surface area contributed by atoms with E-state index < -0.39 is 0 Å². The first-order valence-electron chi connectivity index (χ1n) is 10.3. The molecule has 1 saturated heterocycles. The van der Waals surface area contributed by atoms with Crippen molar-refractivity contribution in [2.45, 2.75) is 33.0 Å². The zero-order chi connectivity index (χ0) is 22.1. The van der Waals surface area contributed by atoms with Crippen LogP contribution < -0.4 is 16.2 Å². The summed E-state index contributed by atoms with van der Waals surface area (Å²) in [5, 5.41) is 4.40. The van der Waals surface area contributed by atoms with Gasteiger partial charge in [-0.15, -0.1) is 0 Å². The highest BCUT2D eigenvalue weighted by Gasteiger charge is 2.25. The number of fused-ring (bicyclic) bond motifs is 1. The van der Waals surface area contributed by atoms with Gasteiger partial charge in [0.2, 0.25) is 11.9 Å². The number of hydrogen-bond acceptors (Lipinski definition) is 8. The van der Waals surface area contributed by atoms with Gasteiger partial charge in [-0.1, -0.05) is 12.1 Å². The van der Waals surface area contributed by atoms with E-state index in [0.717, 1.165) is 43.1 Å². The van der Waals surface area contributed by atoms with Gasteiger partial charge in [0.15, 0.2) is 5.82 Å². The number of benzene rings is 1. The van der Waals surface area contributed by atoms with Crippen LogP contribution >= 0.6 is 0 Å². The maximum atomic E-state index is 11.7. The van der Waals surface area contributed by atoms with Crippen LogP contribution in [0.15, 0.2) is 24.4 Å². The monoisotopic (exact) mass is 424 g/mol. The summed E-state index contributed by atoms with van der Waals surface area (Å²) in [6.07, 6.45) is 1.63. The van der Waals surface area contributed by atoms with E-state index in [4.69, 9.17) is 16.2 Å². The number of nitrogens with two attached hydrogens (primary N) is 2. The molecule has 0 radical (unpaired) electrons. The first-order chi connectivity index (χ1) is 14.9. The lowest BCUT2D eigenvalue weighted by molar-refractivity contribution is -0.133. The Kier molecular flexibility index (Phi) is 5.64. The van der Waals surface area contributed by atoms with Crippen LogP contribution in [0.1, 0.15) is 25.0 Å². The standard InChI is InChI=1S/C21H28N8O2/c1-13-10-27(6-7-28(13)14(2)30)11-15-4-5-16(18(8-15)31-3)12-29-19-17(9-24-29)25-21(23)26-20(19)22/h4-5,8-9,13H,6-7,10-12H2,1-3H3,(H4,22,23,25,26)/t13-/m0/s1. The van der Waals surface area contributed by atoms with E-state index in [1.807, 2.05) is 11.0 Å². The fourth-order valence-electron chi connectivity index (χ4n) is 4.25. The number of methoxy groups -OCH3 is 1. The van der Waals surface area contributed by atoms with E-state index in [2.05, 4.69) is 39.0 Å². The normalized spacial score (nSPS) is 17.3. The highest BCUT2D eigenvalue weighted by molar-refractivity contribution is 5.85. The molecule has 2 aromatic heterocycles. The summed E-state index contributed by atoms with van der Waals surface area (Å²) >= 11 is 0. The van der Waals surface area contributed by atoms with Gasteiger partial charge in [-0.25, -0.2) is 4.98 Å². The van der Waals surface area contributed by atoms with Gasteiger partial charge in [0.05, 0.1) is 19.9 Å². The molecule has 4 rings (SSSR count). The molecule has 1 amide bonds. The maximum Gasteiger partial charge on any atom is 0.222 e. The summed E-state index contributed by atoms with van der Waals surface area (Å²) in [7, 11) is 1.66. The van der Waals surface area contributed by atoms with Gasteiger partial charge in [-0.2, -0.15) is 10.1 Å². The number of anilines is 2. The maximum absolute atomic E-state index is 11.7. The van der Waals surface area contributed by atoms with Crippen LogP contribution in [0.25, 0.3) is 11.0 Å². The third-order valence-electron chi connectivity index (χ3n) is 5.73. The van der Waals surface area contributed by atoms with Crippen molar-refractivity contribution >= 4 is 28.7 Å². The van der Waals surface area contributed by atoms with Crippen LogP contribution in [0.3, 0.4) is 0 Å². The zero-order valence-corrected chi connectivity index (χ0v) is 18.1. The molecule has 31 heavy (non-hydrogen) atoms. The van der Waals surface area contributed by atoms with E-state index >= 15 is 0 Å². The number of carbonyl (C=O) groups excluding carboxylic acids is 1. The minimum atomic E-state index is 0.130. The van der Waals surface area contributed by atoms with Crippen LogP contribution in [0.4, 0.5) is 11.8 Å². The molecule has 1 atom stereocenters. The summed E-state index contributed by atoms with van der Waals surface area (Å²) < 4.78 is 7.41. The molecule has 10 nitrogen and oxygen atoms in total. The van der Waals surface area contributed by atoms with Gasteiger partial charge >= 0.3 is 0 Å². The molecular formula is C21H28N8O2. The smallest absolute Gasteiger partial charge is 0.222 e. The first kappa shape index (κ1) is 20.9. The Balaban J connectivity index is 1.51. The average Bonchev–Trinajstić information content (AvgIpc) is 3.11. The quantitative estimate of drug-likeness (QED) is 0.623. The minimum Gasteiger partial charge on any atom is -0.496 e. The summed E-state index contributed by atoms with van der Waals surface area (Å²) in [6.45, 7) is 7.46. The van der Waals surface area contributed by atoms with Crippen molar-refractivity contribution in [3.63, 3.8) is 0 Å². The SMILES string of the molecule is COc1cc(CN2CCN(C(C)=O)[C@@H](C)C2)ccc1Cn1ncc2nc(N)nc(N)c21. The molecule has 0 saturated carbocycles. The third kappa shape index (κ3) is 4.24. The largest absolute Gasteiger partial charge is 0.496 e. The molecule has 0 spiro atoms. The molecule has 164 valence electrons. The lowest BCUT2D eigenvalue weighted by atomic mass is 10.1. The van der Waals surface area contributed by atoms with Gasteiger partial charge in [0.25, 0.3) is 0 Å². The highest BCUT2D eigenvalue weighted by atomic mass is 16.5. The molecule has 1 aromatic carbocycles. The number of hydrogen-bond donors (Lipinski definition) is 2. The Labute approximate surface area is 180 Å². The van der Waals surface area contributed by atoms with Crippen molar-refractivity contribution in [2.24, 2.45) is 0 Å². The molecule has 3 heterocycles. The first-order valence-corrected chi connectivity index (χ1v) is 10.3. The molecule has 1 aliphatic heterocycles. The van der Waals surface area contributed by atoms with Crippen LogP contribution in [0, 0.1) is 0 Å². The summed E-state index contributed by atoms with van der Waals surface area (Å²) in [5.74, 6) is 1.35. The van der Waals surface area contributed by atoms with Crippen LogP contribution in [0.5, 0.6) is 5.75 Å². The zero-order valence-electron chi connectivity index (χ0n) is 18.1. The number of nitrogens with zero attached hydrogens (tertiary/aromatic N) is 6. The van der Waals surface area contributed by atoms with Crippen molar-refractivity contribution in [1.29, 1.82) is 0 Å². The van der Waals surface area contributed by atoms with Gasteiger partial charge < -0.3 is 21.1 Å². The van der Waals surface area contributed by atoms with Gasteiger partial charge in [0, 0.05) is 44.7 Å². The Morgan fingerprint density at radius 1 is 1.23 bits per heavy atom. The topological polar surface area (TPSA) is 128 Å². The van der Waals surface area contributed by atoms with E-state index in [1.165, 1.54) is 0 Å². The van der Waals surface area contributed by atoms with Crippen molar-refractivity contribution in [3.05, 3.63) is 35.5 Å². The second kappa shape index (κ2) is 8.38. The molecule has 0 unspecified atom stereocenters. The Bertz CT molecular complexity index is 1110. The van der Waals surface area contributed by atoms with Crippen molar-refractivity contribution in [2.75, 3.05) is 38.2 Å². The fraction of sp³-hybridized carbons (Fsp3) is 0.429. The minimum absolute atomic E-state index is 0.130. The average molecular weight is 425 g/mol. The molecule has 3 aromatic rings. The Morgan fingerprint density at radius 2 is 2.03 bits per heavy atom. The van der Waals surface area contributed by atoms with Crippen LogP contribution in [0.2, 0.25) is 0 Å². The molecule has 10 heteroatoms. The van der Waals surface area contributed by atoms with Crippen molar-refractivity contribution < 1.29 is 9.53 Å². The van der Waals surface area contributed by atoms with Gasteiger partial charge in [-0.3, -0.25) is 14.4 Å². The predicted molar refractivity (Wildman–Crippen MR) is 118 cm³/mol. The number of ether oxygens (including phenoxy) is 1. The molecule has 1 fully saturated rings. The molecule has 0 bridgehead atoms. The van der Waals surface area contributed by atoms with E-state index in [-0.39, 0.29) is 17.9 Å². The highest BCUT2D eigenvalue weighted by Crippen LogP contribution is 2.25. The van der Waals surface area contributed by atoms with Crippen molar-refractivity contribution in [1.82, 2.24) is 29.5 Å². The Morgan fingerprint density at radius 3 is 2.74 bits per heavy atom. The summed E-state index contributed by atoms with van der Waals surface area (Å²) in [4.78, 5) is 24.2. The van der Waals surface area contributed by atoms with Crippen LogP contribution in [-0.4, -0.2) is 68.2 Å². The van der Waals surface area contributed by atoms with E-state index in [9.17, 15) is 4.79 Å². The summed E-state index contributed by atoms with van der Waals surface area (Å²) in [6, 6.07) is 6.41. The van der Waals surface area contributed by atoms with Crippen molar-refractivity contribution in [3.8, 4) is 5.75 Å². The number of piperazine rings is 1. The molecule has 1 aliphatic rings. The lowest BCUT2D eigenvalue weighted by Gasteiger charge is -2.39. The molecular weight excluding hydrogens is 396 g/mol. The van der Waals surface area contributed by atoms with E-state index in [0.29, 0.717) is 23.4 Å². The number of rotatable bonds is 5. The number of carbonyl (C=O) groups is 1. The number of amides is 1. The lowest BCUT2D eigenvalue weighted by Crippen LogP contribution is -2.52. The van der Waals surface area contributed by atoms with E-state index in [1.54, 1.807) is 24.9 Å². The number of aromatic nitrogens is 4. The Hall–Kier alpha value is -3.40. The van der Waals surface area contributed by atoms with Crippen LogP contribution in [-0.2, 0) is 17.9 Å². The predicted octanol–water partition coefficient (Wildman–Crippen LogP) is 1.10. The second-order valence-corrected chi connectivity index (χ2v) is 7.95. The second-order valence-electron chi connectivity index (χ2n) is 7.95. The molecule has 0 aliphatic carbocycles. The molecule has 4 N–H and O–H groups in total. The summed E-state index contributed by atoms with van der Waals surface area (Å²) in [5.41, 5.74) is 15.1. The van der Waals surface area contributed by atoms with Gasteiger partial charge in [-0.05, 0) is 18.6 Å². The number of nitrogen functional groups attached to an aromatic ring is 2. The fourth-order valence-corrected chi connectivity index (χ4v) is 4.25. The van der Waals surface area contributed by atoms with Gasteiger partial charge in [0.1, 0.15) is 16.8 Å². The third-order valence-corrected chi connectivity index (χ3v) is 5.73.